The molecular weight excluding hydrogens is 212 g/mol. The Morgan fingerprint density at radius 1 is 0.933 bits per heavy atom. The molecule has 15 heavy (non-hydrogen) atoms. The number of hydrogen-bond acceptors (Lipinski definition) is 2. The van der Waals surface area contributed by atoms with Crippen molar-refractivity contribution in [2.24, 2.45) is 28.8 Å². The standard InChI is InChI=1S/C10H18N2O2S/c11-15(13,14)12-10-8-2-6-1-7(4-8)5-9(10)3-6/h6-10,12H,1-5H2,(H2,11,13,14). The smallest absolute Gasteiger partial charge is 0.216 e. The summed E-state index contributed by atoms with van der Waals surface area (Å²) >= 11 is 0. The highest BCUT2D eigenvalue weighted by atomic mass is 32.2. The van der Waals surface area contributed by atoms with E-state index in [4.69, 9.17) is 5.14 Å². The van der Waals surface area contributed by atoms with Crippen LogP contribution in [0.4, 0.5) is 0 Å². The number of hydrogen-bond donors (Lipinski definition) is 2. The molecule has 0 spiro atoms. The molecule has 4 rings (SSSR count). The van der Waals surface area contributed by atoms with Gasteiger partial charge in [0, 0.05) is 6.04 Å². The molecule has 4 saturated carbocycles. The third-order valence-electron chi connectivity index (χ3n) is 4.53. The van der Waals surface area contributed by atoms with Crippen molar-refractivity contribution >= 4 is 10.2 Å². The second-order valence-corrected chi connectivity index (χ2v) is 6.95. The van der Waals surface area contributed by atoms with Crippen LogP contribution in [0, 0.1) is 23.7 Å². The average Bonchev–Trinajstić information content (AvgIpc) is 2.08. The van der Waals surface area contributed by atoms with Crippen molar-refractivity contribution in [2.45, 2.75) is 38.1 Å². The minimum Gasteiger partial charge on any atom is -0.216 e. The molecule has 0 atom stereocenters. The molecule has 0 saturated heterocycles. The van der Waals surface area contributed by atoms with Crippen LogP contribution >= 0.6 is 0 Å². The fraction of sp³-hybridized carbons (Fsp3) is 1.00. The molecule has 3 N–H and O–H groups in total. The van der Waals surface area contributed by atoms with Crippen LogP contribution in [-0.2, 0) is 10.2 Å². The van der Waals surface area contributed by atoms with Gasteiger partial charge in [0.2, 0.25) is 0 Å². The third kappa shape index (κ3) is 1.81. The molecule has 4 nitrogen and oxygen atoms in total. The first kappa shape index (κ1) is 10.1. The number of nitrogens with one attached hydrogen (secondary N) is 1. The topological polar surface area (TPSA) is 72.2 Å². The second kappa shape index (κ2) is 3.18. The Bertz CT molecular complexity index is 338. The zero-order valence-electron chi connectivity index (χ0n) is 8.72. The van der Waals surface area contributed by atoms with Crippen molar-refractivity contribution in [3.05, 3.63) is 0 Å². The lowest BCUT2D eigenvalue weighted by Gasteiger charge is -2.54. The van der Waals surface area contributed by atoms with Gasteiger partial charge in [-0.15, -0.1) is 0 Å². The SMILES string of the molecule is NS(=O)(=O)NC1C2CC3CC(C2)CC1C3. The first-order chi connectivity index (χ1) is 7.01. The molecule has 0 radical (unpaired) electrons. The molecule has 86 valence electrons. The van der Waals surface area contributed by atoms with Crippen molar-refractivity contribution in [3.8, 4) is 0 Å². The van der Waals surface area contributed by atoms with Gasteiger partial charge in [0.05, 0.1) is 0 Å². The molecule has 0 amide bonds. The van der Waals surface area contributed by atoms with Crippen molar-refractivity contribution in [3.63, 3.8) is 0 Å². The fourth-order valence-electron chi connectivity index (χ4n) is 4.31. The van der Waals surface area contributed by atoms with Crippen molar-refractivity contribution in [1.29, 1.82) is 0 Å². The molecular formula is C10H18N2O2S. The molecule has 4 aliphatic rings. The lowest BCUT2D eigenvalue weighted by atomic mass is 9.54. The van der Waals surface area contributed by atoms with Crippen LogP contribution in [0.5, 0.6) is 0 Å². The van der Waals surface area contributed by atoms with Gasteiger partial charge in [-0.1, -0.05) is 0 Å². The maximum Gasteiger partial charge on any atom is 0.274 e. The Labute approximate surface area is 90.8 Å². The molecule has 0 unspecified atom stereocenters. The number of nitrogens with two attached hydrogens (primary N) is 1. The van der Waals surface area contributed by atoms with Gasteiger partial charge in [0.15, 0.2) is 0 Å². The normalized spacial score (nSPS) is 48.5. The van der Waals surface area contributed by atoms with Gasteiger partial charge < -0.3 is 0 Å². The van der Waals surface area contributed by atoms with E-state index < -0.39 is 10.2 Å². The van der Waals surface area contributed by atoms with Crippen LogP contribution in [0.15, 0.2) is 0 Å². The van der Waals surface area contributed by atoms with Gasteiger partial charge >= 0.3 is 0 Å². The Morgan fingerprint density at radius 3 is 1.80 bits per heavy atom. The summed E-state index contributed by atoms with van der Waals surface area (Å²) in [5.41, 5.74) is 0. The lowest BCUT2D eigenvalue weighted by Crippen LogP contribution is -2.56. The van der Waals surface area contributed by atoms with Gasteiger partial charge in [0.25, 0.3) is 10.2 Å². The van der Waals surface area contributed by atoms with Gasteiger partial charge in [-0.3, -0.25) is 0 Å². The maximum absolute atomic E-state index is 11.1. The molecule has 0 aromatic heterocycles. The van der Waals surface area contributed by atoms with E-state index in [1.165, 1.54) is 32.1 Å². The zero-order chi connectivity index (χ0) is 10.6. The average molecular weight is 230 g/mol. The molecule has 4 bridgehead atoms. The van der Waals surface area contributed by atoms with E-state index in [0.717, 1.165) is 11.8 Å². The molecule has 0 heterocycles. The van der Waals surface area contributed by atoms with Gasteiger partial charge in [-0.25, -0.2) is 5.14 Å². The molecule has 4 fully saturated rings. The first-order valence-corrected chi connectivity index (χ1v) is 7.36. The fourth-order valence-corrected chi connectivity index (χ4v) is 5.07. The Kier molecular flexibility index (Phi) is 2.13. The molecule has 0 aromatic rings. The van der Waals surface area contributed by atoms with Gasteiger partial charge in [0.1, 0.15) is 0 Å². The van der Waals surface area contributed by atoms with Crippen molar-refractivity contribution in [2.75, 3.05) is 0 Å². The monoisotopic (exact) mass is 230 g/mol. The summed E-state index contributed by atoms with van der Waals surface area (Å²) in [4.78, 5) is 0. The van der Waals surface area contributed by atoms with Crippen LogP contribution in [-0.4, -0.2) is 14.5 Å². The van der Waals surface area contributed by atoms with E-state index in [9.17, 15) is 8.42 Å². The quantitative estimate of drug-likeness (QED) is 0.729. The molecule has 0 aliphatic heterocycles. The van der Waals surface area contributed by atoms with Crippen LogP contribution < -0.4 is 9.86 Å². The Hall–Kier alpha value is -0.130. The van der Waals surface area contributed by atoms with Crippen molar-refractivity contribution < 1.29 is 8.42 Å². The van der Waals surface area contributed by atoms with Crippen LogP contribution in [0.3, 0.4) is 0 Å². The second-order valence-electron chi connectivity index (χ2n) is 5.62. The summed E-state index contributed by atoms with van der Waals surface area (Å²) in [5.74, 6) is 2.84. The minimum atomic E-state index is -3.52. The molecule has 0 aromatic carbocycles. The predicted molar refractivity (Wildman–Crippen MR) is 57.1 cm³/mol. The summed E-state index contributed by atoms with van der Waals surface area (Å²) in [6, 6.07) is 0.132. The largest absolute Gasteiger partial charge is 0.274 e. The van der Waals surface area contributed by atoms with Crippen LogP contribution in [0.2, 0.25) is 0 Å². The predicted octanol–water partition coefficient (Wildman–Crippen LogP) is 0.604. The molecule has 4 aliphatic carbocycles. The third-order valence-corrected chi connectivity index (χ3v) is 5.13. The van der Waals surface area contributed by atoms with Gasteiger partial charge in [-0.05, 0) is 55.8 Å². The summed E-state index contributed by atoms with van der Waals surface area (Å²) in [7, 11) is -3.52. The maximum atomic E-state index is 11.1. The Morgan fingerprint density at radius 2 is 1.40 bits per heavy atom. The summed E-state index contributed by atoms with van der Waals surface area (Å²) in [5, 5.41) is 5.08. The van der Waals surface area contributed by atoms with Gasteiger partial charge in [-0.2, -0.15) is 13.1 Å². The van der Waals surface area contributed by atoms with E-state index in [-0.39, 0.29) is 6.04 Å². The first-order valence-electron chi connectivity index (χ1n) is 5.81. The van der Waals surface area contributed by atoms with E-state index in [0.29, 0.717) is 11.8 Å². The van der Waals surface area contributed by atoms with Crippen molar-refractivity contribution in [1.82, 2.24) is 4.72 Å². The van der Waals surface area contributed by atoms with E-state index in [1.54, 1.807) is 0 Å². The summed E-state index contributed by atoms with van der Waals surface area (Å²) < 4.78 is 24.8. The minimum absolute atomic E-state index is 0.132. The highest BCUT2D eigenvalue weighted by molar-refractivity contribution is 7.87. The van der Waals surface area contributed by atoms with E-state index in [1.807, 2.05) is 0 Å². The summed E-state index contributed by atoms with van der Waals surface area (Å²) in [6.07, 6.45) is 6.22. The lowest BCUT2D eigenvalue weighted by molar-refractivity contribution is -0.00557. The van der Waals surface area contributed by atoms with Crippen LogP contribution in [0.1, 0.15) is 32.1 Å². The Balaban J connectivity index is 1.80. The van der Waals surface area contributed by atoms with E-state index >= 15 is 0 Å². The molecule has 5 heteroatoms. The highest BCUT2D eigenvalue weighted by Crippen LogP contribution is 2.53. The van der Waals surface area contributed by atoms with E-state index in [2.05, 4.69) is 4.72 Å². The number of rotatable bonds is 2. The van der Waals surface area contributed by atoms with Crippen LogP contribution in [0.25, 0.3) is 0 Å². The zero-order valence-corrected chi connectivity index (χ0v) is 9.54. The summed E-state index contributed by atoms with van der Waals surface area (Å²) in [6.45, 7) is 0. The highest BCUT2D eigenvalue weighted by Gasteiger charge is 2.48.